The van der Waals surface area contributed by atoms with Crippen LogP contribution in [0.2, 0.25) is 26.6 Å². The van der Waals surface area contributed by atoms with Gasteiger partial charge in [-0.1, -0.05) is 0 Å². The number of hydrogen-bond donors (Lipinski definition) is 2. The Morgan fingerprint density at radius 1 is 0.660 bits per heavy atom. The summed E-state index contributed by atoms with van der Waals surface area (Å²) in [5, 5.41) is 3.08. The molecule has 2 rings (SSSR count). The van der Waals surface area contributed by atoms with E-state index in [1.807, 2.05) is 19.4 Å². The standard InChI is InChI=1S/C5H6N3.C4H4N3.6C4H9.CH3ClO2S.Na.O2S.2Sn.H/c1-6-5-4-7-2-3-8-5;5-4-3-6-1-2-7-4;6*1-3-4-2;1-5(2,3)4;;1-3-2;;;/h3-4H,1H3,(H,6,8);2-3H,(H2,5,7);6*1,3-4H2,2H3;1H3;;;;;/q;;;;;;;;;+1;;;;-1. The van der Waals surface area contributed by atoms with Gasteiger partial charge < -0.3 is 1.43 Å². The summed E-state index contributed by atoms with van der Waals surface area (Å²) in [7, 11) is 3.22. The molecule has 2 heterocycles. The third-order valence-electron chi connectivity index (χ3n) is 8.72. The fraction of sp³-hybridized carbons (Fsp3) is 0.765. The Morgan fingerprint density at radius 3 is 1.14 bits per heavy atom. The summed E-state index contributed by atoms with van der Waals surface area (Å²) in [5.41, 5.74) is 5.72. The Morgan fingerprint density at radius 2 is 0.940 bits per heavy atom. The molecule has 0 spiro atoms. The van der Waals surface area contributed by atoms with Crippen LogP contribution in [-0.4, -0.2) is 86.8 Å². The van der Waals surface area contributed by atoms with Gasteiger partial charge in [0.1, 0.15) is 0 Å². The van der Waals surface area contributed by atoms with E-state index in [0.717, 1.165) is 12.1 Å². The summed E-state index contributed by atoms with van der Waals surface area (Å²) in [4.78, 5) is 18.5. The largest absolute Gasteiger partial charge is 1.00 e. The second-order valence-electron chi connectivity index (χ2n) is 12.8. The molecule has 2 aromatic rings. The van der Waals surface area contributed by atoms with Crippen LogP contribution in [0.1, 0.15) is 120 Å². The molecule has 0 aliphatic heterocycles. The minimum Gasteiger partial charge on any atom is -1.00 e. The maximum absolute atomic E-state index is 9.40. The van der Waals surface area contributed by atoms with Crippen LogP contribution in [0, 0.1) is 0 Å². The van der Waals surface area contributed by atoms with Gasteiger partial charge >= 0.3 is 305 Å². The van der Waals surface area contributed by atoms with Crippen molar-refractivity contribution in [1.29, 1.82) is 0 Å². The van der Waals surface area contributed by atoms with Gasteiger partial charge in [-0.2, -0.15) is 8.42 Å². The first kappa shape index (κ1) is 54.8. The summed E-state index contributed by atoms with van der Waals surface area (Å²) in [5.74, 6) is 1.44. The van der Waals surface area contributed by atoms with E-state index in [2.05, 4.69) is 73.7 Å². The number of nitrogens with two attached hydrogens (primary N) is 1. The molecule has 0 atom stereocenters. The van der Waals surface area contributed by atoms with Gasteiger partial charge in [0.15, 0.2) is 0 Å². The molecule has 50 heavy (non-hydrogen) atoms. The van der Waals surface area contributed by atoms with E-state index in [-0.39, 0.29) is 31.0 Å². The molecule has 3 N–H and O–H groups in total. The van der Waals surface area contributed by atoms with Crippen molar-refractivity contribution in [2.45, 2.75) is 145 Å². The van der Waals surface area contributed by atoms with E-state index in [0.29, 0.717) is 5.82 Å². The summed E-state index contributed by atoms with van der Waals surface area (Å²) < 4.78 is 46.8. The third-order valence-corrected chi connectivity index (χ3v) is 38.8. The first-order valence-electron chi connectivity index (χ1n) is 18.2. The topological polar surface area (TPSA) is 158 Å². The molecular formula is C34H68ClN6NaO4S2Sn2. The minimum atomic E-state index is -3.19. The van der Waals surface area contributed by atoms with Crippen molar-refractivity contribution >= 4 is 87.1 Å². The van der Waals surface area contributed by atoms with Crippen molar-refractivity contribution < 1.29 is 47.8 Å². The predicted molar refractivity (Wildman–Crippen MR) is 218 cm³/mol. The van der Waals surface area contributed by atoms with Crippen molar-refractivity contribution in [2.75, 3.05) is 24.4 Å². The summed E-state index contributed by atoms with van der Waals surface area (Å²) in [6.45, 7) is 13.8. The summed E-state index contributed by atoms with van der Waals surface area (Å²) in [6, 6.07) is 0. The van der Waals surface area contributed by atoms with E-state index in [4.69, 9.17) is 24.1 Å². The number of unbranched alkanes of at least 4 members (excludes halogenated alkanes) is 6. The van der Waals surface area contributed by atoms with Crippen LogP contribution in [-0.2, 0) is 20.6 Å². The first-order valence-corrected chi connectivity index (χ1v) is 36.6. The SMILES string of the molecule is CCC[CH2][Sn]([CH2]CCC)([CH2]CCC)[c]1cnc(N)cn1.CCC[CH2][Sn]([CH2]CCC)([CH2]CCC)[c]1cnc(NC)cn1.CS(=O)(=O)Cl.O=S=O.[H-].[Na+]. The molecule has 0 unspecified atom stereocenters. The number of rotatable bonds is 21. The van der Waals surface area contributed by atoms with Crippen molar-refractivity contribution in [3.63, 3.8) is 0 Å². The average Bonchev–Trinajstić information content (AvgIpc) is 3.08. The number of nitrogens with zero attached hydrogens (tertiary/aromatic N) is 4. The second-order valence-corrected chi connectivity index (χ2v) is 42.1. The van der Waals surface area contributed by atoms with Gasteiger partial charge in [0.25, 0.3) is 0 Å². The maximum atomic E-state index is 9.40. The van der Waals surface area contributed by atoms with Gasteiger partial charge in [-0.3, -0.25) is 0 Å². The van der Waals surface area contributed by atoms with Crippen LogP contribution in [0.25, 0.3) is 0 Å². The Bertz CT molecular complexity index is 1190. The van der Waals surface area contributed by atoms with E-state index >= 15 is 0 Å². The molecule has 0 saturated heterocycles. The zero-order chi connectivity index (χ0) is 37.6. The number of hydrogen-bond acceptors (Lipinski definition) is 10. The van der Waals surface area contributed by atoms with E-state index in [1.54, 1.807) is 6.20 Å². The third kappa shape index (κ3) is 26.2. The monoisotopic (exact) mass is 986 g/mol. The van der Waals surface area contributed by atoms with Gasteiger partial charge in [0.2, 0.25) is 9.05 Å². The number of anilines is 2. The van der Waals surface area contributed by atoms with Gasteiger partial charge in [-0.25, -0.2) is 8.42 Å². The summed E-state index contributed by atoms with van der Waals surface area (Å²) >= 11 is -5.45. The van der Waals surface area contributed by atoms with Crippen LogP contribution in [0.3, 0.4) is 0 Å². The van der Waals surface area contributed by atoms with Crippen LogP contribution in [0.4, 0.5) is 11.6 Å². The van der Waals surface area contributed by atoms with Gasteiger partial charge in [-0.05, 0) is 0 Å². The normalized spacial score (nSPS) is 11.0. The Kier molecular flexibility index (Phi) is 37.2. The Balaban J connectivity index is -0.000000346. The molecule has 0 radical (unpaired) electrons. The number of aromatic nitrogens is 4. The van der Waals surface area contributed by atoms with Crippen LogP contribution in [0.15, 0.2) is 24.8 Å². The van der Waals surface area contributed by atoms with Crippen molar-refractivity contribution in [3.8, 4) is 0 Å². The minimum absolute atomic E-state index is 0. The molecule has 0 aliphatic rings. The Hall–Kier alpha value is 0.417. The van der Waals surface area contributed by atoms with Crippen molar-refractivity contribution in [2.24, 2.45) is 0 Å². The molecule has 0 saturated carbocycles. The summed E-state index contributed by atoms with van der Waals surface area (Å²) in [6.07, 6.45) is 24.7. The van der Waals surface area contributed by atoms with Gasteiger partial charge in [-0.15, -0.1) is 0 Å². The van der Waals surface area contributed by atoms with Crippen LogP contribution < -0.4 is 48.0 Å². The number of halogens is 1. The molecule has 0 amide bonds. The first-order chi connectivity index (χ1) is 23.3. The quantitative estimate of drug-likeness (QED) is 0.124. The van der Waals surface area contributed by atoms with Crippen LogP contribution >= 0.6 is 10.7 Å². The van der Waals surface area contributed by atoms with Gasteiger partial charge in [0, 0.05) is 10.7 Å². The molecule has 0 aliphatic carbocycles. The fourth-order valence-electron chi connectivity index (χ4n) is 5.95. The molecular weight excluding hydrogens is 916 g/mol. The molecule has 0 aromatic carbocycles. The smallest absolute Gasteiger partial charge is 1.00 e. The fourth-order valence-corrected chi connectivity index (χ4v) is 36.1. The molecule has 16 heteroatoms. The molecule has 0 bridgehead atoms. The molecule has 286 valence electrons. The second kappa shape index (κ2) is 33.9. The van der Waals surface area contributed by atoms with Gasteiger partial charge in [0.05, 0.1) is 6.26 Å². The maximum Gasteiger partial charge on any atom is 1.00 e. The van der Waals surface area contributed by atoms with Crippen molar-refractivity contribution in [3.05, 3.63) is 24.8 Å². The number of nitrogen functional groups attached to an aromatic ring is 1. The van der Waals surface area contributed by atoms with E-state index in [9.17, 15) is 8.42 Å². The number of nitrogens with one attached hydrogen (secondary N) is 1. The zero-order valence-electron chi connectivity index (χ0n) is 33.7. The molecule has 2 aromatic heterocycles. The Labute approximate surface area is 345 Å². The molecule has 10 nitrogen and oxygen atoms in total. The predicted octanol–water partition coefficient (Wildman–Crippen LogP) is 5.32. The zero-order valence-corrected chi connectivity index (χ0v) is 42.8. The average molecular weight is 985 g/mol. The van der Waals surface area contributed by atoms with Crippen LogP contribution in [0.5, 0.6) is 0 Å². The van der Waals surface area contributed by atoms with E-state index in [1.165, 1.54) is 111 Å². The molecule has 0 fully saturated rings. The van der Waals surface area contributed by atoms with Crippen molar-refractivity contribution in [1.82, 2.24) is 19.9 Å². The van der Waals surface area contributed by atoms with E-state index < -0.39 is 57.4 Å².